The predicted molar refractivity (Wildman–Crippen MR) is 102 cm³/mol. The van der Waals surface area contributed by atoms with Gasteiger partial charge in [0.15, 0.2) is 11.6 Å². The maximum absolute atomic E-state index is 14.9. The van der Waals surface area contributed by atoms with Crippen molar-refractivity contribution in [3.05, 3.63) is 57.8 Å². The summed E-state index contributed by atoms with van der Waals surface area (Å²) in [5, 5.41) is 8.29. The van der Waals surface area contributed by atoms with Gasteiger partial charge in [0.25, 0.3) is 5.78 Å². The van der Waals surface area contributed by atoms with Crippen LogP contribution in [0.2, 0.25) is 0 Å². The van der Waals surface area contributed by atoms with Crippen LogP contribution in [0.25, 0.3) is 16.7 Å². The van der Waals surface area contributed by atoms with Gasteiger partial charge in [-0.1, -0.05) is 22.0 Å². The summed E-state index contributed by atoms with van der Waals surface area (Å²) in [6, 6.07) is 8.57. The number of anilines is 2. The highest BCUT2D eigenvalue weighted by molar-refractivity contribution is 9.10. The lowest BCUT2D eigenvalue weighted by atomic mass is 10.0. The Labute approximate surface area is 161 Å². The molecular weight excluding hydrogens is 416 g/mol. The van der Waals surface area contributed by atoms with Crippen LogP contribution < -0.4 is 4.90 Å². The molecule has 0 saturated carbocycles. The fourth-order valence-corrected chi connectivity index (χ4v) is 4.35. The summed E-state index contributed by atoms with van der Waals surface area (Å²) in [6.45, 7) is 2.42. The van der Waals surface area contributed by atoms with Gasteiger partial charge in [-0.25, -0.2) is 8.78 Å². The van der Waals surface area contributed by atoms with E-state index in [1.807, 2.05) is 23.1 Å². The molecule has 8 heteroatoms. The zero-order valence-corrected chi connectivity index (χ0v) is 16.0. The average Bonchev–Trinajstić information content (AvgIpc) is 3.05. The molecule has 0 spiro atoms. The predicted octanol–water partition coefficient (Wildman–Crippen LogP) is 4.71. The van der Waals surface area contributed by atoms with Gasteiger partial charge in [0.05, 0.1) is 10.9 Å². The van der Waals surface area contributed by atoms with Gasteiger partial charge in [-0.3, -0.25) is 4.40 Å². The van der Waals surface area contributed by atoms with Crippen LogP contribution in [0.4, 0.5) is 20.3 Å². The van der Waals surface area contributed by atoms with E-state index < -0.39 is 11.6 Å². The first-order valence-electron chi connectivity index (χ1n) is 8.60. The Morgan fingerprint density at radius 1 is 1.11 bits per heavy atom. The van der Waals surface area contributed by atoms with Gasteiger partial charge >= 0.3 is 0 Å². The maximum Gasteiger partial charge on any atom is 0.257 e. The first kappa shape index (κ1) is 16.6. The SMILES string of the molecule is Cc1nnc2nc(N3CCCc4c(Br)cccc43)c3c(F)c(F)ccc3n12. The summed E-state index contributed by atoms with van der Waals surface area (Å²) in [6.07, 6.45) is 1.79. The van der Waals surface area contributed by atoms with E-state index in [9.17, 15) is 8.78 Å². The Hall–Kier alpha value is -2.61. The van der Waals surface area contributed by atoms with Crippen LogP contribution in [0.15, 0.2) is 34.8 Å². The van der Waals surface area contributed by atoms with Crippen molar-refractivity contribution in [3.8, 4) is 0 Å². The Morgan fingerprint density at radius 2 is 1.96 bits per heavy atom. The molecule has 0 saturated heterocycles. The van der Waals surface area contributed by atoms with Crippen LogP contribution in [0, 0.1) is 18.6 Å². The molecule has 0 radical (unpaired) electrons. The van der Waals surface area contributed by atoms with E-state index in [1.54, 1.807) is 17.4 Å². The van der Waals surface area contributed by atoms with Crippen LogP contribution in [0.5, 0.6) is 0 Å². The minimum atomic E-state index is -0.910. The molecular formula is C19H14BrF2N5. The monoisotopic (exact) mass is 429 g/mol. The van der Waals surface area contributed by atoms with E-state index in [-0.39, 0.29) is 5.39 Å². The number of aryl methyl sites for hydroxylation is 1. The summed E-state index contributed by atoms with van der Waals surface area (Å²) in [5.74, 6) is -0.514. The standard InChI is InChI=1S/C19H14BrF2N5/c1-10-24-25-19-23-18(16-15(27(10)19)8-7-13(21)17(16)22)26-9-3-4-11-12(20)5-2-6-14(11)26/h2,5-8H,3-4,9H2,1H3. The number of benzene rings is 2. The van der Waals surface area contributed by atoms with Crippen molar-refractivity contribution in [2.75, 3.05) is 11.4 Å². The Kier molecular flexibility index (Phi) is 3.65. The average molecular weight is 430 g/mol. The third kappa shape index (κ3) is 2.36. The third-order valence-corrected chi connectivity index (χ3v) is 5.74. The number of fused-ring (bicyclic) bond motifs is 4. The van der Waals surface area contributed by atoms with Crippen molar-refractivity contribution in [2.24, 2.45) is 0 Å². The van der Waals surface area contributed by atoms with Crippen molar-refractivity contribution in [1.29, 1.82) is 0 Å². The van der Waals surface area contributed by atoms with E-state index in [1.165, 1.54) is 0 Å². The molecule has 0 fully saturated rings. The van der Waals surface area contributed by atoms with E-state index in [0.717, 1.165) is 34.6 Å². The quantitative estimate of drug-likeness (QED) is 0.439. The summed E-state index contributed by atoms with van der Waals surface area (Å²) >= 11 is 3.59. The van der Waals surface area contributed by atoms with Crippen LogP contribution in [0.1, 0.15) is 17.8 Å². The highest BCUT2D eigenvalue weighted by Crippen LogP contribution is 2.40. The van der Waals surface area contributed by atoms with Crippen LogP contribution in [-0.2, 0) is 6.42 Å². The number of rotatable bonds is 1. The molecule has 27 heavy (non-hydrogen) atoms. The lowest BCUT2D eigenvalue weighted by molar-refractivity contribution is 0.516. The molecule has 0 aliphatic carbocycles. The highest BCUT2D eigenvalue weighted by Gasteiger charge is 2.26. The second-order valence-corrected chi connectivity index (χ2v) is 7.42. The zero-order valence-electron chi connectivity index (χ0n) is 14.4. The summed E-state index contributed by atoms with van der Waals surface area (Å²) in [4.78, 5) is 6.51. The smallest absolute Gasteiger partial charge is 0.257 e. The number of hydrogen-bond acceptors (Lipinski definition) is 4. The normalized spacial score (nSPS) is 14.1. The Balaban J connectivity index is 1.89. The topological polar surface area (TPSA) is 46.3 Å². The second-order valence-electron chi connectivity index (χ2n) is 6.57. The maximum atomic E-state index is 14.9. The second kappa shape index (κ2) is 5.95. The molecule has 136 valence electrons. The lowest BCUT2D eigenvalue weighted by Gasteiger charge is -2.32. The Bertz CT molecular complexity index is 1220. The summed E-state index contributed by atoms with van der Waals surface area (Å²) in [7, 11) is 0. The van der Waals surface area contributed by atoms with E-state index in [2.05, 4.69) is 31.1 Å². The molecule has 0 N–H and O–H groups in total. The first-order chi connectivity index (χ1) is 13.1. The fourth-order valence-electron chi connectivity index (χ4n) is 3.79. The molecule has 1 aliphatic rings. The van der Waals surface area contributed by atoms with Crippen molar-refractivity contribution in [3.63, 3.8) is 0 Å². The highest BCUT2D eigenvalue weighted by atomic mass is 79.9. The van der Waals surface area contributed by atoms with Gasteiger partial charge < -0.3 is 4.90 Å². The van der Waals surface area contributed by atoms with Crippen molar-refractivity contribution in [1.82, 2.24) is 19.6 Å². The summed E-state index contributed by atoms with van der Waals surface area (Å²) in [5.41, 5.74) is 2.57. The van der Waals surface area contributed by atoms with E-state index >= 15 is 0 Å². The van der Waals surface area contributed by atoms with Crippen molar-refractivity contribution < 1.29 is 8.78 Å². The molecule has 0 atom stereocenters. The first-order valence-corrected chi connectivity index (χ1v) is 9.40. The van der Waals surface area contributed by atoms with E-state index in [4.69, 9.17) is 0 Å². The van der Waals surface area contributed by atoms with Crippen LogP contribution in [0.3, 0.4) is 0 Å². The van der Waals surface area contributed by atoms with Gasteiger partial charge in [-0.15, -0.1) is 10.2 Å². The molecule has 5 rings (SSSR count). The van der Waals surface area contributed by atoms with Crippen molar-refractivity contribution >= 4 is 44.1 Å². The van der Waals surface area contributed by atoms with Gasteiger partial charge in [-0.05, 0) is 49.6 Å². The molecule has 0 bridgehead atoms. The van der Waals surface area contributed by atoms with Crippen LogP contribution in [-0.4, -0.2) is 26.1 Å². The Morgan fingerprint density at radius 3 is 2.81 bits per heavy atom. The summed E-state index contributed by atoms with van der Waals surface area (Å²) < 4.78 is 31.7. The number of aromatic nitrogens is 4. The fraction of sp³-hybridized carbons (Fsp3) is 0.211. The van der Waals surface area contributed by atoms with Crippen molar-refractivity contribution in [2.45, 2.75) is 19.8 Å². The van der Waals surface area contributed by atoms with Gasteiger partial charge in [0, 0.05) is 16.7 Å². The zero-order chi connectivity index (χ0) is 18.7. The molecule has 3 heterocycles. The largest absolute Gasteiger partial charge is 0.325 e. The number of nitrogens with zero attached hydrogens (tertiary/aromatic N) is 5. The van der Waals surface area contributed by atoms with Gasteiger partial charge in [0.1, 0.15) is 11.6 Å². The molecule has 0 unspecified atom stereocenters. The molecule has 5 nitrogen and oxygen atoms in total. The van der Waals surface area contributed by atoms with Gasteiger partial charge in [-0.2, -0.15) is 4.98 Å². The van der Waals surface area contributed by atoms with Crippen LogP contribution >= 0.6 is 15.9 Å². The molecule has 0 amide bonds. The molecule has 2 aromatic carbocycles. The molecule has 1 aliphatic heterocycles. The van der Waals surface area contributed by atoms with Gasteiger partial charge in [0.2, 0.25) is 0 Å². The number of halogens is 3. The molecule has 4 aromatic rings. The third-order valence-electron chi connectivity index (χ3n) is 5.00. The van der Waals surface area contributed by atoms with E-state index in [0.29, 0.717) is 29.5 Å². The minimum Gasteiger partial charge on any atom is -0.325 e. The number of hydrogen-bond donors (Lipinski definition) is 0. The molecule has 2 aromatic heterocycles. The minimum absolute atomic E-state index is 0.137. The lowest BCUT2D eigenvalue weighted by Crippen LogP contribution is -2.26.